The second-order valence-corrected chi connectivity index (χ2v) is 5.46. The normalized spacial score (nSPS) is 12.8. The average Bonchev–Trinajstić information content (AvgIpc) is 2.29. The Morgan fingerprint density at radius 2 is 2.00 bits per heavy atom. The number of nitrogens with one attached hydrogen (secondary N) is 1. The number of hydrogen-bond acceptors (Lipinski definition) is 4. The molecule has 0 aliphatic rings. The van der Waals surface area contributed by atoms with E-state index in [9.17, 15) is 10.1 Å². The van der Waals surface area contributed by atoms with E-state index in [1.807, 2.05) is 20.2 Å². The van der Waals surface area contributed by atoms with Crippen LogP contribution in [0.25, 0.3) is 0 Å². The number of hydrogen-bond donors (Lipinski definition) is 1. The van der Waals surface area contributed by atoms with Gasteiger partial charge in [-0.15, -0.1) is 0 Å². The molecule has 0 amide bonds. The van der Waals surface area contributed by atoms with Crippen LogP contribution in [0.15, 0.2) is 18.2 Å². The molecule has 0 spiro atoms. The van der Waals surface area contributed by atoms with Crippen LogP contribution < -0.4 is 5.32 Å². The van der Waals surface area contributed by atoms with Crippen LogP contribution in [-0.2, 0) is 0 Å². The second-order valence-electron chi connectivity index (χ2n) is 5.46. The Morgan fingerprint density at radius 3 is 2.47 bits per heavy atom. The van der Waals surface area contributed by atoms with E-state index in [2.05, 4.69) is 24.1 Å². The van der Waals surface area contributed by atoms with Gasteiger partial charge in [0.15, 0.2) is 0 Å². The number of likely N-dealkylation sites (N-methyl/N-ethyl adjacent to an activating group) is 1. The Labute approximate surface area is 114 Å². The third-order valence-electron chi connectivity index (χ3n) is 3.21. The standard InChI is InChI=1S/C14H23N3O2/c1-10(2)13(9-16(4)5)15-12-7-6-8-14(11(12)3)17(18)19/h6-8,10,13,15H,9H2,1-5H3. The maximum absolute atomic E-state index is 10.9. The number of benzene rings is 1. The lowest BCUT2D eigenvalue weighted by molar-refractivity contribution is -0.385. The van der Waals surface area contributed by atoms with Gasteiger partial charge in [0.1, 0.15) is 0 Å². The van der Waals surface area contributed by atoms with E-state index in [4.69, 9.17) is 0 Å². The fourth-order valence-corrected chi connectivity index (χ4v) is 1.99. The van der Waals surface area contributed by atoms with Gasteiger partial charge >= 0.3 is 0 Å². The summed E-state index contributed by atoms with van der Waals surface area (Å²) >= 11 is 0. The molecular weight excluding hydrogens is 242 g/mol. The van der Waals surface area contributed by atoms with Crippen LogP contribution >= 0.6 is 0 Å². The van der Waals surface area contributed by atoms with Crippen molar-refractivity contribution >= 4 is 11.4 Å². The van der Waals surface area contributed by atoms with Gasteiger partial charge in [-0.05, 0) is 33.0 Å². The molecule has 0 aliphatic heterocycles. The molecule has 1 atom stereocenters. The molecule has 0 fully saturated rings. The molecule has 106 valence electrons. The second kappa shape index (κ2) is 6.52. The first-order valence-electron chi connectivity index (χ1n) is 6.48. The van der Waals surface area contributed by atoms with Gasteiger partial charge in [0.05, 0.1) is 4.92 Å². The van der Waals surface area contributed by atoms with Gasteiger partial charge in [-0.25, -0.2) is 0 Å². The summed E-state index contributed by atoms with van der Waals surface area (Å²) in [5.74, 6) is 0.445. The van der Waals surface area contributed by atoms with Gasteiger partial charge in [0.25, 0.3) is 5.69 Å². The van der Waals surface area contributed by atoms with Gasteiger partial charge in [0, 0.05) is 29.9 Å². The highest BCUT2D eigenvalue weighted by Crippen LogP contribution is 2.26. The van der Waals surface area contributed by atoms with Crippen molar-refractivity contribution in [3.8, 4) is 0 Å². The van der Waals surface area contributed by atoms with Crippen molar-refractivity contribution < 1.29 is 4.92 Å². The SMILES string of the molecule is Cc1c(NC(CN(C)C)C(C)C)cccc1[N+](=O)[O-]. The molecule has 1 aromatic carbocycles. The van der Waals surface area contributed by atoms with E-state index < -0.39 is 0 Å². The molecule has 1 rings (SSSR count). The summed E-state index contributed by atoms with van der Waals surface area (Å²) < 4.78 is 0. The quantitative estimate of drug-likeness (QED) is 0.634. The van der Waals surface area contributed by atoms with Crippen LogP contribution in [0.2, 0.25) is 0 Å². The van der Waals surface area contributed by atoms with Crippen LogP contribution in [-0.4, -0.2) is 36.5 Å². The van der Waals surface area contributed by atoms with Crippen molar-refractivity contribution in [1.29, 1.82) is 0 Å². The zero-order valence-electron chi connectivity index (χ0n) is 12.3. The monoisotopic (exact) mass is 265 g/mol. The largest absolute Gasteiger partial charge is 0.380 e. The zero-order chi connectivity index (χ0) is 14.6. The highest BCUT2D eigenvalue weighted by molar-refractivity contribution is 5.60. The highest BCUT2D eigenvalue weighted by atomic mass is 16.6. The van der Waals surface area contributed by atoms with Crippen LogP contribution in [0.3, 0.4) is 0 Å². The number of nitro groups is 1. The molecule has 1 aromatic rings. The number of anilines is 1. The molecule has 0 aliphatic carbocycles. The summed E-state index contributed by atoms with van der Waals surface area (Å²) in [5, 5.41) is 14.4. The smallest absolute Gasteiger partial charge is 0.274 e. The lowest BCUT2D eigenvalue weighted by Crippen LogP contribution is -2.36. The number of nitro benzene ring substituents is 1. The van der Waals surface area contributed by atoms with E-state index in [-0.39, 0.29) is 16.7 Å². The third-order valence-corrected chi connectivity index (χ3v) is 3.21. The Bertz CT molecular complexity index is 444. The van der Waals surface area contributed by atoms with Crippen molar-refractivity contribution in [2.75, 3.05) is 26.0 Å². The molecule has 1 N–H and O–H groups in total. The molecule has 0 aromatic heterocycles. The summed E-state index contributed by atoms with van der Waals surface area (Å²) in [7, 11) is 4.05. The van der Waals surface area contributed by atoms with E-state index >= 15 is 0 Å². The van der Waals surface area contributed by atoms with Crippen molar-refractivity contribution in [2.24, 2.45) is 5.92 Å². The van der Waals surface area contributed by atoms with Gasteiger partial charge in [-0.2, -0.15) is 0 Å². The Kier molecular flexibility index (Phi) is 5.30. The molecule has 0 bridgehead atoms. The molecular formula is C14H23N3O2. The first-order valence-corrected chi connectivity index (χ1v) is 6.48. The van der Waals surface area contributed by atoms with E-state index in [0.717, 1.165) is 12.2 Å². The summed E-state index contributed by atoms with van der Waals surface area (Å²) in [6, 6.07) is 5.42. The van der Waals surface area contributed by atoms with E-state index in [0.29, 0.717) is 11.5 Å². The Balaban J connectivity index is 2.97. The first kappa shape index (κ1) is 15.4. The minimum Gasteiger partial charge on any atom is -0.380 e. The van der Waals surface area contributed by atoms with E-state index in [1.165, 1.54) is 6.07 Å². The van der Waals surface area contributed by atoms with Gasteiger partial charge in [0.2, 0.25) is 0 Å². The Hall–Kier alpha value is -1.62. The van der Waals surface area contributed by atoms with Gasteiger partial charge < -0.3 is 10.2 Å². The number of nitrogens with zero attached hydrogens (tertiary/aromatic N) is 2. The van der Waals surface area contributed by atoms with Gasteiger partial charge in [-0.3, -0.25) is 10.1 Å². The van der Waals surface area contributed by atoms with Crippen molar-refractivity contribution in [3.63, 3.8) is 0 Å². The summed E-state index contributed by atoms with van der Waals surface area (Å²) in [6.45, 7) is 6.97. The molecule has 0 heterocycles. The fourth-order valence-electron chi connectivity index (χ4n) is 1.99. The third kappa shape index (κ3) is 4.21. The summed E-state index contributed by atoms with van der Waals surface area (Å²) in [5.41, 5.74) is 1.70. The maximum atomic E-state index is 10.9. The maximum Gasteiger partial charge on any atom is 0.274 e. The molecule has 5 nitrogen and oxygen atoms in total. The predicted octanol–water partition coefficient (Wildman–Crippen LogP) is 2.90. The molecule has 5 heteroatoms. The topological polar surface area (TPSA) is 58.4 Å². The van der Waals surface area contributed by atoms with Crippen LogP contribution in [0.4, 0.5) is 11.4 Å². The van der Waals surface area contributed by atoms with Crippen molar-refractivity contribution in [2.45, 2.75) is 26.8 Å². The lowest BCUT2D eigenvalue weighted by Gasteiger charge is -2.27. The van der Waals surface area contributed by atoms with Gasteiger partial charge in [-0.1, -0.05) is 19.9 Å². The number of rotatable bonds is 6. The predicted molar refractivity (Wildman–Crippen MR) is 78.6 cm³/mol. The first-order chi connectivity index (χ1) is 8.82. The minimum absolute atomic E-state index is 0.164. The van der Waals surface area contributed by atoms with Crippen LogP contribution in [0, 0.1) is 23.0 Å². The highest BCUT2D eigenvalue weighted by Gasteiger charge is 2.18. The van der Waals surface area contributed by atoms with Crippen molar-refractivity contribution in [1.82, 2.24) is 4.90 Å². The fraction of sp³-hybridized carbons (Fsp3) is 0.571. The van der Waals surface area contributed by atoms with Crippen LogP contribution in [0.1, 0.15) is 19.4 Å². The molecule has 19 heavy (non-hydrogen) atoms. The Morgan fingerprint density at radius 1 is 1.37 bits per heavy atom. The van der Waals surface area contributed by atoms with Crippen LogP contribution in [0.5, 0.6) is 0 Å². The average molecular weight is 265 g/mol. The molecule has 0 saturated carbocycles. The lowest BCUT2D eigenvalue weighted by atomic mass is 10.0. The summed E-state index contributed by atoms with van der Waals surface area (Å²) in [4.78, 5) is 12.7. The molecule has 1 unspecified atom stereocenters. The summed E-state index contributed by atoms with van der Waals surface area (Å²) in [6.07, 6.45) is 0. The molecule has 0 saturated heterocycles. The molecule has 0 radical (unpaired) electrons. The van der Waals surface area contributed by atoms with E-state index in [1.54, 1.807) is 13.0 Å². The zero-order valence-corrected chi connectivity index (χ0v) is 12.3. The minimum atomic E-state index is -0.336. The van der Waals surface area contributed by atoms with Crippen molar-refractivity contribution in [3.05, 3.63) is 33.9 Å².